The van der Waals surface area contributed by atoms with Crippen molar-refractivity contribution in [2.45, 2.75) is 0 Å². The summed E-state index contributed by atoms with van der Waals surface area (Å²) in [5.74, 6) is 6.20. The Balaban J connectivity index is 2.19. The first-order chi connectivity index (χ1) is 10.2. The molecule has 0 unspecified atom stereocenters. The lowest BCUT2D eigenvalue weighted by Crippen LogP contribution is -2.10. The third kappa shape index (κ3) is 4.29. The van der Waals surface area contributed by atoms with Crippen molar-refractivity contribution in [3.8, 4) is 23.3 Å². The number of hydrogen-bond donors (Lipinski definition) is 1. The van der Waals surface area contributed by atoms with E-state index in [9.17, 15) is 4.79 Å². The van der Waals surface area contributed by atoms with Gasteiger partial charge in [-0.05, 0) is 36.4 Å². The first-order valence-corrected chi connectivity index (χ1v) is 6.29. The number of carbonyl (C=O) groups is 1. The SMILES string of the molecule is COc1ccc(C#Cc2ccccc2OCC(=O)O)cc1. The van der Waals surface area contributed by atoms with Gasteiger partial charge in [0.25, 0.3) is 0 Å². The average molecular weight is 282 g/mol. The maximum absolute atomic E-state index is 10.6. The molecule has 4 nitrogen and oxygen atoms in total. The number of carboxylic acids is 1. The molecule has 0 fully saturated rings. The van der Waals surface area contributed by atoms with Crippen molar-refractivity contribution in [3.05, 3.63) is 59.7 Å². The van der Waals surface area contributed by atoms with Crippen LogP contribution in [0, 0.1) is 11.8 Å². The molecule has 0 aliphatic heterocycles. The second kappa shape index (κ2) is 7.01. The average Bonchev–Trinajstić information content (AvgIpc) is 2.52. The van der Waals surface area contributed by atoms with Gasteiger partial charge in [-0.1, -0.05) is 24.0 Å². The zero-order chi connectivity index (χ0) is 15.1. The van der Waals surface area contributed by atoms with Gasteiger partial charge in [0.1, 0.15) is 11.5 Å². The number of ether oxygens (including phenoxy) is 2. The van der Waals surface area contributed by atoms with Crippen molar-refractivity contribution in [3.63, 3.8) is 0 Å². The lowest BCUT2D eigenvalue weighted by atomic mass is 10.1. The van der Waals surface area contributed by atoms with E-state index in [4.69, 9.17) is 14.6 Å². The van der Waals surface area contributed by atoms with Gasteiger partial charge in [-0.3, -0.25) is 0 Å². The summed E-state index contributed by atoms with van der Waals surface area (Å²) in [4.78, 5) is 10.6. The Morgan fingerprint density at radius 2 is 1.81 bits per heavy atom. The van der Waals surface area contributed by atoms with Gasteiger partial charge in [0.15, 0.2) is 6.61 Å². The molecule has 2 aromatic rings. The standard InChI is InChI=1S/C17H14O4/c1-20-15-10-7-13(8-11-15)6-9-14-4-2-3-5-16(14)21-12-17(18)19/h2-5,7-8,10-11H,12H2,1H3,(H,18,19). The number of carboxylic acid groups (broad SMARTS) is 1. The van der Waals surface area contributed by atoms with Crippen LogP contribution in [0.15, 0.2) is 48.5 Å². The number of hydrogen-bond acceptors (Lipinski definition) is 3. The lowest BCUT2D eigenvalue weighted by Gasteiger charge is -2.04. The molecular weight excluding hydrogens is 268 g/mol. The maximum Gasteiger partial charge on any atom is 0.341 e. The smallest absolute Gasteiger partial charge is 0.341 e. The number of aliphatic carboxylic acids is 1. The van der Waals surface area contributed by atoms with Crippen molar-refractivity contribution in [2.75, 3.05) is 13.7 Å². The van der Waals surface area contributed by atoms with E-state index in [0.717, 1.165) is 11.3 Å². The van der Waals surface area contributed by atoms with Crippen LogP contribution < -0.4 is 9.47 Å². The zero-order valence-corrected chi connectivity index (χ0v) is 11.5. The Morgan fingerprint density at radius 1 is 1.10 bits per heavy atom. The predicted octanol–water partition coefficient (Wildman–Crippen LogP) is 2.56. The van der Waals surface area contributed by atoms with Gasteiger partial charge in [-0.25, -0.2) is 4.79 Å². The van der Waals surface area contributed by atoms with E-state index >= 15 is 0 Å². The molecule has 0 aliphatic rings. The van der Waals surface area contributed by atoms with E-state index in [1.54, 1.807) is 25.3 Å². The minimum absolute atomic E-state index is 0.388. The molecule has 0 saturated heterocycles. The number of methoxy groups -OCH3 is 1. The Kier molecular flexibility index (Phi) is 4.84. The predicted molar refractivity (Wildman–Crippen MR) is 78.5 cm³/mol. The third-order valence-corrected chi connectivity index (χ3v) is 2.67. The minimum atomic E-state index is -1.02. The van der Waals surface area contributed by atoms with Crippen LogP contribution in [0.25, 0.3) is 0 Å². The van der Waals surface area contributed by atoms with E-state index in [0.29, 0.717) is 11.3 Å². The zero-order valence-electron chi connectivity index (χ0n) is 11.5. The van der Waals surface area contributed by atoms with E-state index < -0.39 is 5.97 Å². The highest BCUT2D eigenvalue weighted by atomic mass is 16.5. The first kappa shape index (κ1) is 14.5. The number of para-hydroxylation sites is 1. The Hall–Kier alpha value is -2.93. The highest BCUT2D eigenvalue weighted by Gasteiger charge is 2.03. The van der Waals surface area contributed by atoms with Crippen LogP contribution in [-0.2, 0) is 4.79 Å². The fourth-order valence-corrected chi connectivity index (χ4v) is 1.65. The van der Waals surface area contributed by atoms with Gasteiger partial charge in [0.05, 0.1) is 12.7 Å². The van der Waals surface area contributed by atoms with Gasteiger partial charge in [0.2, 0.25) is 0 Å². The van der Waals surface area contributed by atoms with Gasteiger partial charge >= 0.3 is 5.97 Å². The van der Waals surface area contributed by atoms with Crippen LogP contribution in [0.3, 0.4) is 0 Å². The Bertz CT molecular complexity index is 678. The molecule has 0 saturated carbocycles. The molecule has 0 bridgehead atoms. The highest BCUT2D eigenvalue weighted by molar-refractivity contribution is 5.68. The highest BCUT2D eigenvalue weighted by Crippen LogP contribution is 2.17. The van der Waals surface area contributed by atoms with E-state index in [1.807, 2.05) is 30.3 Å². The fraction of sp³-hybridized carbons (Fsp3) is 0.118. The van der Waals surface area contributed by atoms with E-state index in [-0.39, 0.29) is 6.61 Å². The van der Waals surface area contributed by atoms with Crippen LogP contribution in [-0.4, -0.2) is 24.8 Å². The second-order valence-corrected chi connectivity index (χ2v) is 4.16. The summed E-state index contributed by atoms with van der Waals surface area (Å²) < 4.78 is 10.3. The summed E-state index contributed by atoms with van der Waals surface area (Å²) in [7, 11) is 1.61. The summed E-state index contributed by atoms with van der Waals surface area (Å²) >= 11 is 0. The topological polar surface area (TPSA) is 55.8 Å². The molecule has 0 aliphatic carbocycles. The summed E-state index contributed by atoms with van der Waals surface area (Å²) in [6, 6.07) is 14.4. The molecule has 0 aromatic heterocycles. The van der Waals surface area contributed by atoms with Crippen LogP contribution in [0.4, 0.5) is 0 Å². The third-order valence-electron chi connectivity index (χ3n) is 2.67. The van der Waals surface area contributed by atoms with Gasteiger partial charge < -0.3 is 14.6 Å². The molecule has 106 valence electrons. The van der Waals surface area contributed by atoms with Crippen molar-refractivity contribution in [2.24, 2.45) is 0 Å². The minimum Gasteiger partial charge on any atom is -0.497 e. The summed E-state index contributed by atoms with van der Waals surface area (Å²) in [6.45, 7) is -0.388. The lowest BCUT2D eigenvalue weighted by molar-refractivity contribution is -0.139. The molecule has 4 heteroatoms. The number of rotatable bonds is 4. The van der Waals surface area contributed by atoms with Crippen LogP contribution in [0.2, 0.25) is 0 Å². The van der Waals surface area contributed by atoms with Crippen molar-refractivity contribution < 1.29 is 19.4 Å². The molecule has 2 rings (SSSR count). The first-order valence-electron chi connectivity index (χ1n) is 6.29. The molecule has 0 atom stereocenters. The molecule has 0 amide bonds. The second-order valence-electron chi connectivity index (χ2n) is 4.16. The van der Waals surface area contributed by atoms with Crippen LogP contribution in [0.1, 0.15) is 11.1 Å². The number of benzene rings is 2. The van der Waals surface area contributed by atoms with Crippen LogP contribution >= 0.6 is 0 Å². The van der Waals surface area contributed by atoms with Gasteiger partial charge in [0, 0.05) is 5.56 Å². The molecular formula is C17H14O4. The van der Waals surface area contributed by atoms with Crippen molar-refractivity contribution in [1.29, 1.82) is 0 Å². The molecule has 2 aromatic carbocycles. The Labute approximate surface area is 122 Å². The van der Waals surface area contributed by atoms with Gasteiger partial charge in [-0.2, -0.15) is 0 Å². The molecule has 0 spiro atoms. The maximum atomic E-state index is 10.6. The monoisotopic (exact) mass is 282 g/mol. The fourth-order valence-electron chi connectivity index (χ4n) is 1.65. The summed E-state index contributed by atoms with van der Waals surface area (Å²) in [5, 5.41) is 8.65. The quantitative estimate of drug-likeness (QED) is 0.876. The van der Waals surface area contributed by atoms with E-state index in [1.165, 1.54) is 0 Å². The summed E-state index contributed by atoms with van der Waals surface area (Å²) in [6.07, 6.45) is 0. The normalized spacial score (nSPS) is 9.38. The van der Waals surface area contributed by atoms with Crippen LogP contribution in [0.5, 0.6) is 11.5 Å². The van der Waals surface area contributed by atoms with Crippen molar-refractivity contribution >= 4 is 5.97 Å². The van der Waals surface area contributed by atoms with Crippen molar-refractivity contribution in [1.82, 2.24) is 0 Å². The molecule has 1 N–H and O–H groups in total. The molecule has 0 radical (unpaired) electrons. The molecule has 21 heavy (non-hydrogen) atoms. The largest absolute Gasteiger partial charge is 0.497 e. The molecule has 0 heterocycles. The Morgan fingerprint density at radius 3 is 2.48 bits per heavy atom. The van der Waals surface area contributed by atoms with E-state index in [2.05, 4.69) is 11.8 Å². The van der Waals surface area contributed by atoms with Gasteiger partial charge in [-0.15, -0.1) is 0 Å². The summed E-state index contributed by atoms with van der Waals surface area (Å²) in [5.41, 5.74) is 1.48.